The van der Waals surface area contributed by atoms with E-state index in [0.29, 0.717) is 5.04 Å². The number of hydrogen-bond donors (Lipinski definition) is 0. The molecule has 0 nitrogen and oxygen atoms in total. The number of hydrogen-bond acceptors (Lipinski definition) is 0. The first-order valence-corrected chi connectivity index (χ1v) is 18.0. The van der Waals surface area contributed by atoms with E-state index in [4.69, 9.17) is 0 Å². The SMILES string of the molecule is CC(C)(C)[Si](C)(C)C#[C][Sn]([CH3])([CH3])[CH3]. The summed E-state index contributed by atoms with van der Waals surface area (Å²) in [7, 11) is -1.32. The van der Waals surface area contributed by atoms with Crippen LogP contribution in [0.4, 0.5) is 0 Å². The van der Waals surface area contributed by atoms with Gasteiger partial charge in [0.2, 0.25) is 0 Å². The van der Waals surface area contributed by atoms with Gasteiger partial charge in [-0.1, -0.05) is 0 Å². The van der Waals surface area contributed by atoms with Gasteiger partial charge < -0.3 is 0 Å². The van der Waals surface area contributed by atoms with E-state index in [1.165, 1.54) is 0 Å². The quantitative estimate of drug-likeness (QED) is 0.470. The van der Waals surface area contributed by atoms with Crippen molar-refractivity contribution in [1.82, 2.24) is 0 Å². The molecule has 0 aliphatic rings. The van der Waals surface area contributed by atoms with E-state index in [1.54, 1.807) is 0 Å². The van der Waals surface area contributed by atoms with Crippen LogP contribution in [0.15, 0.2) is 0 Å². The maximum atomic E-state index is 3.62. The Morgan fingerprint density at radius 1 is 1.00 bits per heavy atom. The molecule has 0 spiro atoms. The van der Waals surface area contributed by atoms with Gasteiger partial charge in [0.15, 0.2) is 0 Å². The van der Waals surface area contributed by atoms with E-state index < -0.39 is 26.5 Å². The standard InChI is InChI=1S/C8H15Si.3CH3.Sn/c1-7-9(5,6)8(2,3)4;;;;/h2-6H3;3*1H3;. The average molecular weight is 303 g/mol. The fourth-order valence-corrected chi connectivity index (χ4v) is 7.48. The Morgan fingerprint density at radius 3 is 1.62 bits per heavy atom. The Morgan fingerprint density at radius 2 is 1.38 bits per heavy atom. The summed E-state index contributed by atoms with van der Waals surface area (Å²) in [5, 5.41) is 0.414. The van der Waals surface area contributed by atoms with Crippen molar-refractivity contribution in [2.45, 2.75) is 53.7 Å². The van der Waals surface area contributed by atoms with Gasteiger partial charge in [0.1, 0.15) is 0 Å². The van der Waals surface area contributed by atoms with Crippen molar-refractivity contribution in [3.8, 4) is 9.48 Å². The van der Waals surface area contributed by atoms with Gasteiger partial charge in [0.25, 0.3) is 0 Å². The molecule has 13 heavy (non-hydrogen) atoms. The molecule has 0 aromatic carbocycles. The fourth-order valence-electron chi connectivity index (χ4n) is 0.531. The Kier molecular flexibility index (Phi) is 4.16. The van der Waals surface area contributed by atoms with Crippen LogP contribution in [0.3, 0.4) is 0 Å². The van der Waals surface area contributed by atoms with Crippen LogP contribution in [-0.2, 0) is 0 Å². The van der Waals surface area contributed by atoms with Gasteiger partial charge in [0, 0.05) is 0 Å². The second-order valence-electron chi connectivity index (χ2n) is 6.38. The first-order valence-electron chi connectivity index (χ1n) is 5.00. The van der Waals surface area contributed by atoms with Crippen LogP contribution in [0.2, 0.25) is 33.0 Å². The van der Waals surface area contributed by atoms with Crippen LogP contribution in [0.25, 0.3) is 0 Å². The molecule has 0 aromatic heterocycles. The molecule has 0 rings (SSSR count). The molecule has 76 valence electrons. The molecule has 0 aliphatic heterocycles. The molecule has 0 saturated carbocycles. The van der Waals surface area contributed by atoms with E-state index in [9.17, 15) is 0 Å². The van der Waals surface area contributed by atoms with Crippen LogP contribution in [0, 0.1) is 9.48 Å². The molecule has 0 saturated heterocycles. The summed E-state index contributed by atoms with van der Waals surface area (Å²) in [5.74, 6) is 0. The molecule has 0 N–H and O–H groups in total. The van der Waals surface area contributed by atoms with Crippen LogP contribution in [-0.4, -0.2) is 26.5 Å². The third-order valence-electron chi connectivity index (χ3n) is 2.62. The Labute approximate surface area is 89.4 Å². The van der Waals surface area contributed by atoms with Crippen molar-refractivity contribution in [1.29, 1.82) is 0 Å². The second kappa shape index (κ2) is 3.98. The number of rotatable bonds is 0. The molecule has 0 radical (unpaired) electrons. The zero-order valence-corrected chi connectivity index (χ0v) is 14.4. The summed E-state index contributed by atoms with van der Waals surface area (Å²) in [6.07, 6.45) is 0. The van der Waals surface area contributed by atoms with Gasteiger partial charge in [0.05, 0.1) is 0 Å². The average Bonchev–Trinajstić information content (AvgIpc) is 1.79. The predicted octanol–water partition coefficient (Wildman–Crippen LogP) is 3.91. The Hall–Kier alpha value is 0.576. The van der Waals surface area contributed by atoms with Crippen LogP contribution in [0.1, 0.15) is 20.8 Å². The van der Waals surface area contributed by atoms with E-state index >= 15 is 0 Å². The van der Waals surface area contributed by atoms with Crippen LogP contribution in [0.5, 0.6) is 0 Å². The first-order chi connectivity index (χ1) is 5.46. The molecule has 2 heteroatoms. The zero-order chi connectivity index (χ0) is 10.9. The Bertz CT molecular complexity index is 230. The van der Waals surface area contributed by atoms with Gasteiger partial charge in [-0.25, -0.2) is 0 Å². The molecule has 0 amide bonds. The molecular weight excluding hydrogens is 279 g/mol. The van der Waals surface area contributed by atoms with E-state index in [2.05, 4.69) is 58.2 Å². The van der Waals surface area contributed by atoms with E-state index in [1.807, 2.05) is 0 Å². The van der Waals surface area contributed by atoms with Crippen molar-refractivity contribution in [2.75, 3.05) is 0 Å². The maximum absolute atomic E-state index is 3.62. The van der Waals surface area contributed by atoms with Gasteiger partial charge >= 0.3 is 89.7 Å². The normalized spacial score (nSPS) is 13.5. The predicted molar refractivity (Wildman–Crippen MR) is 68.3 cm³/mol. The topological polar surface area (TPSA) is 0 Å². The van der Waals surface area contributed by atoms with Gasteiger partial charge in [-0.3, -0.25) is 0 Å². The summed E-state index contributed by atoms with van der Waals surface area (Å²) >= 11 is -1.85. The molecule has 0 unspecified atom stereocenters. The monoisotopic (exact) mass is 304 g/mol. The van der Waals surface area contributed by atoms with Crippen molar-refractivity contribution in [2.24, 2.45) is 0 Å². The molecule has 0 aliphatic carbocycles. The van der Waals surface area contributed by atoms with Gasteiger partial charge in [-0.05, 0) is 0 Å². The molecule has 0 atom stereocenters. The van der Waals surface area contributed by atoms with Crippen molar-refractivity contribution in [3.63, 3.8) is 0 Å². The van der Waals surface area contributed by atoms with Crippen molar-refractivity contribution in [3.05, 3.63) is 0 Å². The third-order valence-corrected chi connectivity index (χ3v) is 10.3. The molecule has 0 heterocycles. The Balaban J connectivity index is 4.77. The fraction of sp³-hybridized carbons (Fsp3) is 0.818. The van der Waals surface area contributed by atoms with E-state index in [-0.39, 0.29) is 0 Å². The van der Waals surface area contributed by atoms with E-state index in [0.717, 1.165) is 0 Å². The van der Waals surface area contributed by atoms with Crippen LogP contribution < -0.4 is 0 Å². The minimum absolute atomic E-state index is 0.414. The molecule has 0 aromatic rings. The third kappa shape index (κ3) is 5.12. The van der Waals surface area contributed by atoms with Crippen molar-refractivity contribution >= 4 is 26.5 Å². The summed E-state index contributed by atoms with van der Waals surface area (Å²) in [6.45, 7) is 11.7. The summed E-state index contributed by atoms with van der Waals surface area (Å²) in [6, 6.07) is 0. The minimum atomic E-state index is -1.85. The molecule has 0 bridgehead atoms. The molecular formula is C11H24SiSn. The summed E-state index contributed by atoms with van der Waals surface area (Å²) in [4.78, 5) is 7.15. The van der Waals surface area contributed by atoms with Gasteiger partial charge in [-0.15, -0.1) is 0 Å². The molecule has 0 fully saturated rings. The zero-order valence-electron chi connectivity index (χ0n) is 10.5. The van der Waals surface area contributed by atoms with Crippen LogP contribution >= 0.6 is 0 Å². The first kappa shape index (κ1) is 13.6. The second-order valence-corrected chi connectivity index (χ2v) is 24.9. The summed E-state index contributed by atoms with van der Waals surface area (Å²) in [5.41, 5.74) is 3.62. The van der Waals surface area contributed by atoms with Crippen molar-refractivity contribution < 1.29 is 0 Å². The summed E-state index contributed by atoms with van der Waals surface area (Å²) < 4.78 is 3.59. The van der Waals surface area contributed by atoms with Gasteiger partial charge in [-0.2, -0.15) is 0 Å².